The van der Waals surface area contributed by atoms with Crippen LogP contribution >= 0.6 is 0 Å². The lowest BCUT2D eigenvalue weighted by Gasteiger charge is -2.26. The molecule has 31 heavy (non-hydrogen) atoms. The molecule has 5 heteroatoms. The van der Waals surface area contributed by atoms with Crippen molar-refractivity contribution in [3.8, 4) is 17.1 Å². The van der Waals surface area contributed by atoms with E-state index in [-0.39, 0.29) is 11.5 Å². The Bertz CT molecular complexity index is 1100. The number of nitrogens with zero attached hydrogens (tertiary/aromatic N) is 1. The van der Waals surface area contributed by atoms with Crippen molar-refractivity contribution < 1.29 is 14.2 Å². The van der Waals surface area contributed by atoms with Gasteiger partial charge < -0.3 is 18.8 Å². The molecule has 5 rings (SSSR count). The van der Waals surface area contributed by atoms with Crippen LogP contribution in [0.5, 0.6) is 5.88 Å². The van der Waals surface area contributed by atoms with Gasteiger partial charge in [-0.05, 0) is 36.0 Å². The molecule has 0 amide bonds. The van der Waals surface area contributed by atoms with Crippen molar-refractivity contribution in [1.29, 1.82) is 0 Å². The number of rotatable bonds is 7. The van der Waals surface area contributed by atoms with E-state index in [1.807, 2.05) is 18.2 Å². The van der Waals surface area contributed by atoms with Crippen LogP contribution in [0.2, 0.25) is 0 Å². The number of aromatic nitrogens is 1. The Kier molecular flexibility index (Phi) is 5.87. The number of hydrogen-bond acceptors (Lipinski definition) is 4. The summed E-state index contributed by atoms with van der Waals surface area (Å²) in [4.78, 5) is 12.4. The second-order valence-corrected chi connectivity index (χ2v) is 8.23. The molecule has 1 atom stereocenters. The SMILES string of the molecule is O=c1cc(OC[C@@H]2CCCO2)n2c(c1)-c1ccc(COCc3ccccc3)cc1CC2. The van der Waals surface area contributed by atoms with E-state index in [0.717, 1.165) is 49.2 Å². The molecule has 1 saturated heterocycles. The fourth-order valence-corrected chi connectivity index (χ4v) is 4.39. The number of ether oxygens (including phenoxy) is 3. The minimum absolute atomic E-state index is 0.0308. The predicted molar refractivity (Wildman–Crippen MR) is 119 cm³/mol. The zero-order valence-corrected chi connectivity index (χ0v) is 17.6. The highest BCUT2D eigenvalue weighted by molar-refractivity contribution is 5.67. The molecule has 0 aliphatic carbocycles. The van der Waals surface area contributed by atoms with Crippen LogP contribution in [0.1, 0.15) is 29.5 Å². The molecule has 2 aliphatic heterocycles. The summed E-state index contributed by atoms with van der Waals surface area (Å²) in [5, 5.41) is 0. The van der Waals surface area contributed by atoms with Gasteiger partial charge in [0.15, 0.2) is 11.3 Å². The van der Waals surface area contributed by atoms with Crippen LogP contribution in [0.3, 0.4) is 0 Å². The van der Waals surface area contributed by atoms with Gasteiger partial charge in [0.05, 0.1) is 25.0 Å². The fraction of sp³-hybridized carbons (Fsp3) is 0.346. The molecule has 2 aliphatic rings. The van der Waals surface area contributed by atoms with Crippen molar-refractivity contribution in [1.82, 2.24) is 4.57 Å². The first-order valence-corrected chi connectivity index (χ1v) is 11.0. The molecule has 2 aromatic carbocycles. The summed E-state index contributed by atoms with van der Waals surface area (Å²) in [5.74, 6) is 0.638. The highest BCUT2D eigenvalue weighted by Gasteiger charge is 2.21. The summed E-state index contributed by atoms with van der Waals surface area (Å²) >= 11 is 0. The normalized spacial score (nSPS) is 17.2. The average Bonchev–Trinajstić information content (AvgIpc) is 3.31. The Labute approximate surface area is 182 Å². The molecule has 0 unspecified atom stereocenters. The highest BCUT2D eigenvalue weighted by atomic mass is 16.5. The van der Waals surface area contributed by atoms with Crippen molar-refractivity contribution in [3.05, 3.63) is 87.6 Å². The molecule has 0 N–H and O–H groups in total. The summed E-state index contributed by atoms with van der Waals surface area (Å²) < 4.78 is 19.7. The quantitative estimate of drug-likeness (QED) is 0.574. The second kappa shape index (κ2) is 9.08. The topological polar surface area (TPSA) is 49.7 Å². The van der Waals surface area contributed by atoms with Crippen molar-refractivity contribution in [2.75, 3.05) is 13.2 Å². The van der Waals surface area contributed by atoms with Gasteiger partial charge in [-0.2, -0.15) is 0 Å². The first kappa shape index (κ1) is 20.0. The van der Waals surface area contributed by atoms with Crippen LogP contribution in [-0.2, 0) is 35.7 Å². The number of benzene rings is 2. The van der Waals surface area contributed by atoms with Crippen molar-refractivity contribution in [2.24, 2.45) is 0 Å². The largest absolute Gasteiger partial charge is 0.476 e. The third kappa shape index (κ3) is 4.58. The lowest BCUT2D eigenvalue weighted by atomic mass is 9.95. The number of hydrogen-bond donors (Lipinski definition) is 0. The molecule has 3 heterocycles. The Balaban J connectivity index is 1.32. The van der Waals surface area contributed by atoms with Gasteiger partial charge in [0.25, 0.3) is 0 Å². The smallest absolute Gasteiger partial charge is 0.197 e. The molecule has 1 aromatic heterocycles. The van der Waals surface area contributed by atoms with Gasteiger partial charge in [-0.15, -0.1) is 0 Å². The molecular formula is C26H27NO4. The van der Waals surface area contributed by atoms with E-state index in [0.29, 0.717) is 25.7 Å². The lowest BCUT2D eigenvalue weighted by Crippen LogP contribution is -2.23. The number of fused-ring (bicyclic) bond motifs is 3. The molecule has 0 saturated carbocycles. The Morgan fingerprint density at radius 1 is 1.00 bits per heavy atom. The maximum absolute atomic E-state index is 12.4. The Hall–Kier alpha value is -2.89. The van der Waals surface area contributed by atoms with E-state index in [2.05, 4.69) is 34.9 Å². The highest BCUT2D eigenvalue weighted by Crippen LogP contribution is 2.32. The summed E-state index contributed by atoms with van der Waals surface area (Å²) in [6.07, 6.45) is 3.11. The summed E-state index contributed by atoms with van der Waals surface area (Å²) in [6.45, 7) is 3.25. The van der Waals surface area contributed by atoms with Gasteiger partial charge in [0.2, 0.25) is 0 Å². The van der Waals surface area contributed by atoms with Gasteiger partial charge in [-0.25, -0.2) is 0 Å². The number of pyridine rings is 1. The van der Waals surface area contributed by atoms with E-state index in [4.69, 9.17) is 14.2 Å². The molecule has 0 radical (unpaired) electrons. The Morgan fingerprint density at radius 3 is 2.71 bits per heavy atom. The lowest BCUT2D eigenvalue weighted by molar-refractivity contribution is 0.0646. The van der Waals surface area contributed by atoms with Gasteiger partial charge in [-0.3, -0.25) is 4.79 Å². The maximum Gasteiger partial charge on any atom is 0.197 e. The van der Waals surface area contributed by atoms with Gasteiger partial charge in [-0.1, -0.05) is 48.5 Å². The molecular weight excluding hydrogens is 390 g/mol. The molecule has 160 valence electrons. The third-order valence-electron chi connectivity index (χ3n) is 5.97. The summed E-state index contributed by atoms with van der Waals surface area (Å²) in [5.41, 5.74) is 5.55. The second-order valence-electron chi connectivity index (χ2n) is 8.23. The van der Waals surface area contributed by atoms with Crippen LogP contribution in [0, 0.1) is 0 Å². The summed E-state index contributed by atoms with van der Waals surface area (Å²) in [7, 11) is 0. The van der Waals surface area contributed by atoms with Crippen LogP contribution in [0.25, 0.3) is 11.3 Å². The average molecular weight is 418 g/mol. The van der Waals surface area contributed by atoms with Crippen LogP contribution in [0.4, 0.5) is 0 Å². The molecule has 3 aromatic rings. The monoisotopic (exact) mass is 417 g/mol. The molecule has 0 bridgehead atoms. The molecule has 1 fully saturated rings. The van der Waals surface area contributed by atoms with Crippen LogP contribution < -0.4 is 10.2 Å². The van der Waals surface area contributed by atoms with Gasteiger partial charge >= 0.3 is 0 Å². The zero-order chi connectivity index (χ0) is 21.0. The van der Waals surface area contributed by atoms with E-state index in [1.54, 1.807) is 12.1 Å². The van der Waals surface area contributed by atoms with E-state index < -0.39 is 0 Å². The van der Waals surface area contributed by atoms with Gasteiger partial charge in [0.1, 0.15) is 6.61 Å². The van der Waals surface area contributed by atoms with E-state index in [1.165, 1.54) is 11.1 Å². The van der Waals surface area contributed by atoms with E-state index in [9.17, 15) is 4.79 Å². The minimum atomic E-state index is -0.0308. The Morgan fingerprint density at radius 2 is 1.87 bits per heavy atom. The van der Waals surface area contributed by atoms with Crippen LogP contribution in [-0.4, -0.2) is 23.9 Å². The van der Waals surface area contributed by atoms with E-state index >= 15 is 0 Å². The van der Waals surface area contributed by atoms with Crippen molar-refractivity contribution >= 4 is 0 Å². The van der Waals surface area contributed by atoms with Gasteiger partial charge in [0, 0.05) is 30.8 Å². The standard InChI is InChI=1S/C26H27NO4/c28-22-14-25-24-9-8-20(17-29-16-19-5-2-1-3-6-19)13-21(24)10-11-27(25)26(15-22)31-18-23-7-4-12-30-23/h1-3,5-6,8-9,13-15,23H,4,7,10-12,16-18H2/t23-/m0/s1. The molecule has 5 nitrogen and oxygen atoms in total. The summed E-state index contributed by atoms with van der Waals surface area (Å²) in [6, 6.07) is 19.9. The van der Waals surface area contributed by atoms with Crippen molar-refractivity contribution in [3.63, 3.8) is 0 Å². The predicted octanol–water partition coefficient (Wildman–Crippen LogP) is 4.35. The molecule has 0 spiro atoms. The number of aryl methyl sites for hydroxylation is 1. The fourth-order valence-electron chi connectivity index (χ4n) is 4.39. The third-order valence-corrected chi connectivity index (χ3v) is 5.97. The first-order valence-electron chi connectivity index (χ1n) is 11.0. The zero-order valence-electron chi connectivity index (χ0n) is 17.6. The minimum Gasteiger partial charge on any atom is -0.476 e. The first-order chi connectivity index (χ1) is 15.3. The maximum atomic E-state index is 12.4. The van der Waals surface area contributed by atoms with Crippen molar-refractivity contribution in [2.45, 2.75) is 45.1 Å². The van der Waals surface area contributed by atoms with Crippen LogP contribution in [0.15, 0.2) is 65.5 Å².